The monoisotopic (exact) mass is 286 g/mol. The van der Waals surface area contributed by atoms with Crippen LogP contribution in [0.2, 0.25) is 0 Å². The summed E-state index contributed by atoms with van der Waals surface area (Å²) in [5, 5.41) is 10.4. The Morgan fingerprint density at radius 1 is 1.43 bits per heavy atom. The Bertz CT molecular complexity index is 699. The number of fused-ring (bicyclic) bond motifs is 1. The Morgan fingerprint density at radius 2 is 2.24 bits per heavy atom. The normalized spacial score (nSPS) is 18.2. The lowest BCUT2D eigenvalue weighted by atomic mass is 10.1. The number of ether oxygens (including phenoxy) is 1. The van der Waals surface area contributed by atoms with E-state index in [1.54, 1.807) is 18.1 Å². The molecule has 0 bridgehead atoms. The largest absolute Gasteiger partial charge is 0.497 e. The van der Waals surface area contributed by atoms with E-state index in [9.17, 15) is 9.90 Å². The topological polar surface area (TPSA) is 62.7 Å². The summed E-state index contributed by atoms with van der Waals surface area (Å²) >= 11 is 0. The Labute approximate surface area is 123 Å². The highest BCUT2D eigenvalue weighted by Crippen LogP contribution is 2.25. The minimum absolute atomic E-state index is 0.0599. The minimum Gasteiger partial charge on any atom is -0.497 e. The van der Waals surface area contributed by atoms with Crippen molar-refractivity contribution in [3.05, 3.63) is 35.5 Å². The quantitative estimate of drug-likeness (QED) is 0.913. The van der Waals surface area contributed by atoms with Gasteiger partial charge in [-0.15, -0.1) is 0 Å². The van der Waals surface area contributed by atoms with Crippen molar-refractivity contribution < 1.29 is 14.6 Å². The number of methoxy groups -OCH3 is 1. The number of pyridine rings is 1. The summed E-state index contributed by atoms with van der Waals surface area (Å²) in [5.74, 6) is 0.638. The number of benzene rings is 1. The molecule has 110 valence electrons. The van der Waals surface area contributed by atoms with Crippen molar-refractivity contribution >= 4 is 16.8 Å². The molecule has 1 atom stereocenters. The standard InChI is InChI=1S/C16H18N2O3/c1-10-7-14(16(20)18-6-5-11(19)9-18)13-8-12(21-2)3-4-15(13)17-10/h3-4,7-8,11,19H,5-6,9H2,1-2H3/t11-/m1/s1. The van der Waals surface area contributed by atoms with Crippen LogP contribution in [0.3, 0.4) is 0 Å². The van der Waals surface area contributed by atoms with Gasteiger partial charge in [0, 0.05) is 24.2 Å². The molecule has 2 aromatic rings. The second-order valence-electron chi connectivity index (χ2n) is 5.39. The van der Waals surface area contributed by atoms with Gasteiger partial charge >= 0.3 is 0 Å². The van der Waals surface area contributed by atoms with Gasteiger partial charge in [-0.05, 0) is 37.6 Å². The van der Waals surface area contributed by atoms with E-state index >= 15 is 0 Å². The van der Waals surface area contributed by atoms with E-state index in [0.29, 0.717) is 30.8 Å². The molecule has 21 heavy (non-hydrogen) atoms. The maximum absolute atomic E-state index is 12.7. The highest BCUT2D eigenvalue weighted by atomic mass is 16.5. The SMILES string of the molecule is COc1ccc2nc(C)cc(C(=O)N3CC[C@@H](O)C3)c2c1. The van der Waals surface area contributed by atoms with Crippen molar-refractivity contribution in [2.24, 2.45) is 0 Å². The molecule has 2 heterocycles. The molecule has 1 fully saturated rings. The van der Waals surface area contributed by atoms with Crippen LogP contribution in [0.25, 0.3) is 10.9 Å². The fraction of sp³-hybridized carbons (Fsp3) is 0.375. The van der Waals surface area contributed by atoms with E-state index in [1.807, 2.05) is 25.1 Å². The van der Waals surface area contributed by atoms with Crippen LogP contribution in [0, 0.1) is 6.92 Å². The van der Waals surface area contributed by atoms with Gasteiger partial charge in [0.2, 0.25) is 0 Å². The van der Waals surface area contributed by atoms with Crippen molar-refractivity contribution in [2.45, 2.75) is 19.4 Å². The molecule has 5 nitrogen and oxygen atoms in total. The van der Waals surface area contributed by atoms with Crippen LogP contribution in [-0.2, 0) is 0 Å². The number of aryl methyl sites for hydroxylation is 1. The first-order valence-electron chi connectivity index (χ1n) is 7.01. The van der Waals surface area contributed by atoms with Gasteiger partial charge in [0.25, 0.3) is 5.91 Å². The predicted molar refractivity (Wildman–Crippen MR) is 79.6 cm³/mol. The molecule has 1 saturated heterocycles. The number of aliphatic hydroxyl groups excluding tert-OH is 1. The molecular weight excluding hydrogens is 268 g/mol. The van der Waals surface area contributed by atoms with Crippen LogP contribution < -0.4 is 4.74 Å². The van der Waals surface area contributed by atoms with Gasteiger partial charge in [-0.1, -0.05) is 0 Å². The molecule has 0 aliphatic carbocycles. The second-order valence-corrected chi connectivity index (χ2v) is 5.39. The summed E-state index contributed by atoms with van der Waals surface area (Å²) in [7, 11) is 1.60. The van der Waals surface area contributed by atoms with Gasteiger partial charge in [-0.2, -0.15) is 0 Å². The smallest absolute Gasteiger partial charge is 0.254 e. The lowest BCUT2D eigenvalue weighted by molar-refractivity contribution is 0.0766. The van der Waals surface area contributed by atoms with Crippen molar-refractivity contribution in [1.82, 2.24) is 9.88 Å². The Kier molecular flexibility index (Phi) is 3.51. The number of likely N-dealkylation sites (tertiary alicyclic amines) is 1. The van der Waals surface area contributed by atoms with E-state index in [2.05, 4.69) is 4.98 Å². The van der Waals surface area contributed by atoms with Crippen molar-refractivity contribution in [3.8, 4) is 5.75 Å². The van der Waals surface area contributed by atoms with Gasteiger partial charge in [0.15, 0.2) is 0 Å². The molecule has 1 aromatic heterocycles. The third-order valence-corrected chi connectivity index (χ3v) is 3.82. The predicted octanol–water partition coefficient (Wildman–Crippen LogP) is 1.76. The number of nitrogens with zero attached hydrogens (tertiary/aromatic N) is 2. The minimum atomic E-state index is -0.419. The number of rotatable bonds is 2. The fourth-order valence-electron chi connectivity index (χ4n) is 2.74. The summed E-state index contributed by atoms with van der Waals surface area (Å²) in [6, 6.07) is 7.33. The van der Waals surface area contributed by atoms with Gasteiger partial charge in [0.1, 0.15) is 5.75 Å². The van der Waals surface area contributed by atoms with Gasteiger partial charge in [0.05, 0.1) is 24.3 Å². The molecule has 1 aliphatic rings. The Hall–Kier alpha value is -2.14. The van der Waals surface area contributed by atoms with E-state index in [1.165, 1.54) is 0 Å². The highest BCUT2D eigenvalue weighted by molar-refractivity contribution is 6.06. The van der Waals surface area contributed by atoms with E-state index < -0.39 is 6.10 Å². The van der Waals surface area contributed by atoms with E-state index in [-0.39, 0.29) is 5.91 Å². The molecule has 1 amide bonds. The lowest BCUT2D eigenvalue weighted by Gasteiger charge is -2.17. The first-order valence-corrected chi connectivity index (χ1v) is 7.01. The number of amides is 1. The van der Waals surface area contributed by atoms with Gasteiger partial charge < -0.3 is 14.7 Å². The van der Waals surface area contributed by atoms with Crippen LogP contribution in [-0.4, -0.2) is 47.2 Å². The molecule has 0 spiro atoms. The van der Waals surface area contributed by atoms with E-state index in [0.717, 1.165) is 16.6 Å². The number of β-amino-alcohol motifs (C(OH)–C–C–N with tert-alkyl or cyclic N) is 1. The van der Waals surface area contributed by atoms with Crippen molar-refractivity contribution in [2.75, 3.05) is 20.2 Å². The molecule has 3 rings (SSSR count). The van der Waals surface area contributed by atoms with Crippen LogP contribution in [0.5, 0.6) is 5.75 Å². The molecule has 1 N–H and O–H groups in total. The van der Waals surface area contributed by atoms with Crippen LogP contribution >= 0.6 is 0 Å². The number of carbonyl (C=O) groups is 1. The van der Waals surface area contributed by atoms with Gasteiger partial charge in [-0.3, -0.25) is 9.78 Å². The number of aromatic nitrogens is 1. The second kappa shape index (κ2) is 5.33. The Morgan fingerprint density at radius 3 is 2.90 bits per heavy atom. The first kappa shape index (κ1) is 13.8. The molecule has 0 saturated carbocycles. The lowest BCUT2D eigenvalue weighted by Crippen LogP contribution is -2.29. The summed E-state index contributed by atoms with van der Waals surface area (Å²) in [5.41, 5.74) is 2.19. The maximum Gasteiger partial charge on any atom is 0.254 e. The molecule has 1 aliphatic heterocycles. The van der Waals surface area contributed by atoms with Crippen LogP contribution in [0.15, 0.2) is 24.3 Å². The maximum atomic E-state index is 12.7. The summed E-state index contributed by atoms with van der Waals surface area (Å²) in [6.07, 6.45) is 0.217. The third kappa shape index (κ3) is 2.56. The molecular formula is C16H18N2O3. The number of carbonyl (C=O) groups excluding carboxylic acids is 1. The van der Waals surface area contributed by atoms with Crippen molar-refractivity contribution in [3.63, 3.8) is 0 Å². The summed E-state index contributed by atoms with van der Waals surface area (Å²) < 4.78 is 5.24. The molecule has 0 unspecified atom stereocenters. The highest BCUT2D eigenvalue weighted by Gasteiger charge is 2.26. The average molecular weight is 286 g/mol. The van der Waals surface area contributed by atoms with Crippen LogP contribution in [0.1, 0.15) is 22.5 Å². The number of hydrogen-bond donors (Lipinski definition) is 1. The summed E-state index contributed by atoms with van der Waals surface area (Å²) in [4.78, 5) is 18.9. The third-order valence-electron chi connectivity index (χ3n) is 3.82. The molecule has 5 heteroatoms. The average Bonchev–Trinajstić information content (AvgIpc) is 2.91. The fourth-order valence-corrected chi connectivity index (χ4v) is 2.74. The van der Waals surface area contributed by atoms with Gasteiger partial charge in [-0.25, -0.2) is 0 Å². The number of aliphatic hydroxyl groups is 1. The first-order chi connectivity index (χ1) is 10.1. The zero-order chi connectivity index (χ0) is 15.0. The zero-order valence-corrected chi connectivity index (χ0v) is 12.2. The molecule has 0 radical (unpaired) electrons. The Balaban J connectivity index is 2.09. The summed E-state index contributed by atoms with van der Waals surface area (Å²) in [6.45, 7) is 2.86. The van der Waals surface area contributed by atoms with Crippen LogP contribution in [0.4, 0.5) is 0 Å². The zero-order valence-electron chi connectivity index (χ0n) is 12.2. The van der Waals surface area contributed by atoms with Crippen molar-refractivity contribution in [1.29, 1.82) is 0 Å². The molecule has 1 aromatic carbocycles. The number of hydrogen-bond acceptors (Lipinski definition) is 4. The van der Waals surface area contributed by atoms with E-state index in [4.69, 9.17) is 4.74 Å².